The number of nitrogens with zero attached hydrogens (tertiary/aromatic N) is 4. The van der Waals surface area contributed by atoms with Gasteiger partial charge in [-0.1, -0.05) is 78.9 Å². The molecule has 6 nitrogen and oxygen atoms in total. The fourth-order valence-electron chi connectivity index (χ4n) is 4.36. The standard InChI is InChI=1S/C25H18N4O2S/c1-2-14-28-19-13-6-5-11-18(19)20(23(28)30)21-24(31)29-25(32-21)26-22(27-29)17-12-7-9-15-8-3-4-10-16(15)17/h3-13H,2,14H2,1H3. The second-order valence-electron chi connectivity index (χ2n) is 7.74. The van der Waals surface area contributed by atoms with Gasteiger partial charge in [0, 0.05) is 17.7 Å². The molecule has 3 aromatic carbocycles. The number of thiazole rings is 1. The first kappa shape index (κ1) is 18.9. The third-order valence-corrected chi connectivity index (χ3v) is 6.82. The van der Waals surface area contributed by atoms with E-state index in [1.807, 2.05) is 73.7 Å². The molecular formula is C25H18N4O2S. The Morgan fingerprint density at radius 3 is 2.50 bits per heavy atom. The summed E-state index contributed by atoms with van der Waals surface area (Å²) >= 11 is 1.22. The molecule has 0 saturated carbocycles. The van der Waals surface area contributed by atoms with Crippen molar-refractivity contribution in [3.63, 3.8) is 0 Å². The molecule has 0 N–H and O–H groups in total. The van der Waals surface area contributed by atoms with E-state index in [9.17, 15) is 9.59 Å². The number of hydrogen-bond donors (Lipinski definition) is 0. The molecule has 0 saturated heterocycles. The van der Waals surface area contributed by atoms with Crippen LogP contribution in [-0.2, 0) is 4.79 Å². The van der Waals surface area contributed by atoms with Crippen LogP contribution in [-0.4, -0.2) is 27.0 Å². The summed E-state index contributed by atoms with van der Waals surface area (Å²) in [5, 5.41) is 6.65. The molecular weight excluding hydrogens is 420 g/mol. The summed E-state index contributed by atoms with van der Waals surface area (Å²) < 4.78 is 1.71. The van der Waals surface area contributed by atoms with Gasteiger partial charge in [0.2, 0.25) is 4.96 Å². The van der Waals surface area contributed by atoms with Gasteiger partial charge in [-0.15, -0.1) is 5.10 Å². The van der Waals surface area contributed by atoms with Gasteiger partial charge in [-0.05, 0) is 23.3 Å². The molecule has 0 radical (unpaired) electrons. The molecule has 0 unspecified atom stereocenters. The highest BCUT2D eigenvalue weighted by atomic mass is 32.1. The maximum absolute atomic E-state index is 13.3. The first-order valence-electron chi connectivity index (χ1n) is 10.5. The maximum atomic E-state index is 13.3. The van der Waals surface area contributed by atoms with E-state index in [4.69, 9.17) is 0 Å². The monoisotopic (exact) mass is 438 g/mol. The minimum absolute atomic E-state index is 0.135. The van der Waals surface area contributed by atoms with Crippen molar-refractivity contribution in [2.75, 3.05) is 11.4 Å². The van der Waals surface area contributed by atoms with Gasteiger partial charge in [-0.25, -0.2) is 0 Å². The topological polar surface area (TPSA) is 67.6 Å². The molecule has 1 aliphatic rings. The summed E-state index contributed by atoms with van der Waals surface area (Å²) in [6.45, 7) is 2.64. The summed E-state index contributed by atoms with van der Waals surface area (Å²) in [5.74, 6) is 0.372. The number of rotatable bonds is 3. The Balaban J connectivity index is 1.57. The summed E-state index contributed by atoms with van der Waals surface area (Å²) in [6.07, 6.45) is 0.835. The molecule has 5 aromatic rings. The van der Waals surface area contributed by atoms with Gasteiger partial charge in [0.1, 0.15) is 4.53 Å². The van der Waals surface area contributed by atoms with Crippen LogP contribution in [0.15, 0.2) is 71.5 Å². The average Bonchev–Trinajstić information content (AvgIpc) is 3.45. The van der Waals surface area contributed by atoms with E-state index >= 15 is 0 Å². The number of para-hydroxylation sites is 1. The lowest BCUT2D eigenvalue weighted by molar-refractivity contribution is -0.113. The molecule has 0 fully saturated rings. The van der Waals surface area contributed by atoms with E-state index in [-0.39, 0.29) is 11.5 Å². The highest BCUT2D eigenvalue weighted by Gasteiger charge is 2.33. The number of hydrogen-bond acceptors (Lipinski definition) is 5. The highest BCUT2D eigenvalue weighted by Crippen LogP contribution is 2.35. The predicted molar refractivity (Wildman–Crippen MR) is 127 cm³/mol. The Labute approximate surface area is 187 Å². The first-order valence-corrected chi connectivity index (χ1v) is 11.3. The molecule has 6 rings (SSSR count). The van der Waals surface area contributed by atoms with E-state index in [2.05, 4.69) is 10.1 Å². The van der Waals surface area contributed by atoms with Crippen molar-refractivity contribution in [2.24, 2.45) is 0 Å². The van der Waals surface area contributed by atoms with Crippen molar-refractivity contribution in [3.05, 3.63) is 87.2 Å². The Hall–Kier alpha value is -3.84. The van der Waals surface area contributed by atoms with Crippen LogP contribution in [0.25, 0.3) is 32.7 Å². The summed E-state index contributed by atoms with van der Waals surface area (Å²) in [4.78, 5) is 33.5. The van der Waals surface area contributed by atoms with Gasteiger partial charge < -0.3 is 4.90 Å². The number of carbonyl (C=O) groups excluding carboxylic acids is 1. The molecule has 0 spiro atoms. The number of amides is 1. The largest absolute Gasteiger partial charge is 0.308 e. The quantitative estimate of drug-likeness (QED) is 0.431. The molecule has 0 atom stereocenters. The van der Waals surface area contributed by atoms with Gasteiger partial charge >= 0.3 is 0 Å². The molecule has 7 heteroatoms. The SMILES string of the molecule is CCCN1C(=O)C(=c2sc3nc(-c4cccc5ccccc45)nn3c2=O)c2ccccc21. The molecule has 32 heavy (non-hydrogen) atoms. The second-order valence-corrected chi connectivity index (χ2v) is 8.72. The van der Waals surface area contributed by atoms with E-state index in [1.165, 1.54) is 15.9 Å². The molecule has 1 amide bonds. The van der Waals surface area contributed by atoms with E-state index < -0.39 is 0 Å². The number of aromatic nitrogens is 3. The normalized spacial score (nSPS) is 15.2. The van der Waals surface area contributed by atoms with Gasteiger partial charge in [0.15, 0.2) is 5.82 Å². The molecule has 156 valence electrons. The van der Waals surface area contributed by atoms with Crippen LogP contribution in [0.3, 0.4) is 0 Å². The zero-order chi connectivity index (χ0) is 21.8. The van der Waals surface area contributed by atoms with Crippen molar-refractivity contribution in [2.45, 2.75) is 13.3 Å². The van der Waals surface area contributed by atoms with Crippen LogP contribution in [0.1, 0.15) is 18.9 Å². The molecule has 1 aliphatic heterocycles. The Morgan fingerprint density at radius 2 is 1.66 bits per heavy atom. The average molecular weight is 439 g/mol. The van der Waals surface area contributed by atoms with Gasteiger partial charge in [0.25, 0.3) is 11.5 Å². The van der Waals surface area contributed by atoms with Crippen LogP contribution in [0, 0.1) is 0 Å². The fraction of sp³-hybridized carbons (Fsp3) is 0.120. The number of anilines is 1. The van der Waals surface area contributed by atoms with E-state index in [0.717, 1.165) is 34.0 Å². The third kappa shape index (κ3) is 2.64. The van der Waals surface area contributed by atoms with Crippen molar-refractivity contribution < 1.29 is 4.79 Å². The fourth-order valence-corrected chi connectivity index (χ4v) is 5.36. The summed E-state index contributed by atoms with van der Waals surface area (Å²) in [6, 6.07) is 21.6. The van der Waals surface area contributed by atoms with E-state index in [1.54, 1.807) is 4.90 Å². The Morgan fingerprint density at radius 1 is 0.906 bits per heavy atom. The van der Waals surface area contributed by atoms with Gasteiger partial charge in [-0.3, -0.25) is 9.59 Å². The molecule has 0 aliphatic carbocycles. The smallest absolute Gasteiger partial charge is 0.291 e. The molecule has 3 heterocycles. The maximum Gasteiger partial charge on any atom is 0.291 e. The number of fused-ring (bicyclic) bond motifs is 3. The first-order chi connectivity index (χ1) is 15.7. The number of carbonyl (C=O) groups is 1. The lowest BCUT2D eigenvalue weighted by atomic mass is 10.0. The van der Waals surface area contributed by atoms with Crippen LogP contribution < -0.4 is 15.0 Å². The van der Waals surface area contributed by atoms with Crippen molar-refractivity contribution in [1.29, 1.82) is 0 Å². The van der Waals surface area contributed by atoms with Gasteiger partial charge in [0.05, 0.1) is 11.3 Å². The third-order valence-electron chi connectivity index (χ3n) is 5.79. The van der Waals surface area contributed by atoms with Crippen LogP contribution in [0.5, 0.6) is 0 Å². The number of benzene rings is 3. The minimum atomic E-state index is -0.305. The lowest BCUT2D eigenvalue weighted by Gasteiger charge is -2.15. The van der Waals surface area contributed by atoms with E-state index in [0.29, 0.717) is 27.4 Å². The Bertz CT molecular complexity index is 1640. The zero-order valence-electron chi connectivity index (χ0n) is 17.3. The van der Waals surface area contributed by atoms with Crippen molar-refractivity contribution in [3.8, 4) is 11.4 Å². The predicted octanol–water partition coefficient (Wildman–Crippen LogP) is 3.65. The zero-order valence-corrected chi connectivity index (χ0v) is 18.1. The second kappa shape index (κ2) is 7.10. The van der Waals surface area contributed by atoms with Crippen molar-refractivity contribution in [1.82, 2.24) is 14.6 Å². The molecule has 0 bridgehead atoms. The Kier molecular flexibility index (Phi) is 4.19. The minimum Gasteiger partial charge on any atom is -0.308 e. The highest BCUT2D eigenvalue weighted by molar-refractivity contribution is 7.15. The summed E-state index contributed by atoms with van der Waals surface area (Å²) in [5.41, 5.74) is 2.67. The lowest BCUT2D eigenvalue weighted by Crippen LogP contribution is -2.32. The van der Waals surface area contributed by atoms with Crippen LogP contribution in [0.2, 0.25) is 0 Å². The molecule has 2 aromatic heterocycles. The van der Waals surface area contributed by atoms with Gasteiger partial charge in [-0.2, -0.15) is 9.50 Å². The summed E-state index contributed by atoms with van der Waals surface area (Å²) in [7, 11) is 0. The van der Waals surface area contributed by atoms with Crippen molar-refractivity contribution >= 4 is 44.2 Å². The van der Waals surface area contributed by atoms with Crippen LogP contribution >= 0.6 is 11.3 Å². The van der Waals surface area contributed by atoms with Crippen LogP contribution in [0.4, 0.5) is 5.69 Å².